The Labute approximate surface area is 103 Å². The zero-order valence-electron chi connectivity index (χ0n) is 10.9. The standard InChI is InChI=1S/C14H21N3/c1-11(2)17-10-16-13-9-12(5-4-8-15-3)6-7-14(13)17/h6-7,9-11,15H,4-5,8H2,1-3H3. The molecule has 1 heterocycles. The van der Waals surface area contributed by atoms with E-state index in [0.717, 1.165) is 18.5 Å². The number of imidazole rings is 1. The summed E-state index contributed by atoms with van der Waals surface area (Å²) in [6.45, 7) is 5.43. The number of hydrogen-bond donors (Lipinski definition) is 1. The van der Waals surface area contributed by atoms with Gasteiger partial charge in [0, 0.05) is 6.04 Å². The van der Waals surface area contributed by atoms with Gasteiger partial charge in [0.05, 0.1) is 17.4 Å². The van der Waals surface area contributed by atoms with E-state index in [2.05, 4.69) is 46.9 Å². The molecule has 0 unspecified atom stereocenters. The monoisotopic (exact) mass is 231 g/mol. The summed E-state index contributed by atoms with van der Waals surface area (Å²) < 4.78 is 2.21. The number of nitrogens with zero attached hydrogens (tertiary/aromatic N) is 2. The van der Waals surface area contributed by atoms with Crippen molar-refractivity contribution in [3.8, 4) is 0 Å². The Bertz CT molecular complexity index is 485. The number of hydrogen-bond acceptors (Lipinski definition) is 2. The molecular formula is C14H21N3. The van der Waals surface area contributed by atoms with Crippen LogP contribution >= 0.6 is 0 Å². The summed E-state index contributed by atoms with van der Waals surface area (Å²) in [5.74, 6) is 0. The number of rotatable bonds is 5. The predicted molar refractivity (Wildman–Crippen MR) is 72.4 cm³/mol. The third-order valence-corrected chi connectivity index (χ3v) is 3.09. The molecule has 92 valence electrons. The first kappa shape index (κ1) is 12.1. The predicted octanol–water partition coefficient (Wildman–Crippen LogP) is 2.77. The van der Waals surface area contributed by atoms with Gasteiger partial charge in [-0.15, -0.1) is 0 Å². The van der Waals surface area contributed by atoms with Crippen LogP contribution in [-0.4, -0.2) is 23.1 Å². The smallest absolute Gasteiger partial charge is 0.0960 e. The molecule has 17 heavy (non-hydrogen) atoms. The topological polar surface area (TPSA) is 29.9 Å². The van der Waals surface area contributed by atoms with E-state index < -0.39 is 0 Å². The van der Waals surface area contributed by atoms with Crippen LogP contribution < -0.4 is 5.32 Å². The maximum absolute atomic E-state index is 4.48. The highest BCUT2D eigenvalue weighted by Crippen LogP contribution is 2.19. The van der Waals surface area contributed by atoms with Crippen molar-refractivity contribution >= 4 is 11.0 Å². The Kier molecular flexibility index (Phi) is 3.79. The fourth-order valence-corrected chi connectivity index (χ4v) is 2.11. The molecule has 0 saturated carbocycles. The number of aryl methyl sites for hydroxylation is 1. The summed E-state index contributed by atoms with van der Waals surface area (Å²) in [4.78, 5) is 4.48. The van der Waals surface area contributed by atoms with Crippen LogP contribution in [0.4, 0.5) is 0 Å². The van der Waals surface area contributed by atoms with E-state index in [1.165, 1.54) is 17.5 Å². The normalized spacial score (nSPS) is 11.5. The van der Waals surface area contributed by atoms with Crippen LogP contribution in [0.2, 0.25) is 0 Å². The number of aromatic nitrogens is 2. The molecule has 3 nitrogen and oxygen atoms in total. The highest BCUT2D eigenvalue weighted by molar-refractivity contribution is 5.76. The maximum atomic E-state index is 4.48. The first-order valence-corrected chi connectivity index (χ1v) is 6.32. The molecule has 3 heteroatoms. The van der Waals surface area contributed by atoms with Gasteiger partial charge in [-0.3, -0.25) is 0 Å². The second-order valence-corrected chi connectivity index (χ2v) is 4.78. The van der Waals surface area contributed by atoms with Gasteiger partial charge in [-0.25, -0.2) is 4.98 Å². The molecule has 0 aliphatic heterocycles. The first-order chi connectivity index (χ1) is 8.22. The molecule has 0 atom stereocenters. The summed E-state index contributed by atoms with van der Waals surface area (Å²) in [5.41, 5.74) is 3.72. The van der Waals surface area contributed by atoms with Crippen molar-refractivity contribution < 1.29 is 0 Å². The average molecular weight is 231 g/mol. The van der Waals surface area contributed by atoms with Crippen molar-refractivity contribution in [2.75, 3.05) is 13.6 Å². The lowest BCUT2D eigenvalue weighted by Crippen LogP contribution is -2.08. The number of benzene rings is 1. The molecule has 0 saturated heterocycles. The van der Waals surface area contributed by atoms with Crippen molar-refractivity contribution in [3.05, 3.63) is 30.1 Å². The van der Waals surface area contributed by atoms with Gasteiger partial charge in [-0.1, -0.05) is 6.07 Å². The zero-order valence-corrected chi connectivity index (χ0v) is 10.9. The summed E-state index contributed by atoms with van der Waals surface area (Å²) in [5, 5.41) is 3.17. The van der Waals surface area contributed by atoms with Crippen LogP contribution in [0.1, 0.15) is 31.9 Å². The van der Waals surface area contributed by atoms with E-state index >= 15 is 0 Å². The molecule has 0 spiro atoms. The molecule has 0 aliphatic rings. The van der Waals surface area contributed by atoms with Gasteiger partial charge in [0.1, 0.15) is 0 Å². The zero-order chi connectivity index (χ0) is 12.3. The van der Waals surface area contributed by atoms with Crippen molar-refractivity contribution in [3.63, 3.8) is 0 Å². The molecule has 0 radical (unpaired) electrons. The SMILES string of the molecule is CNCCCc1ccc2c(c1)ncn2C(C)C. The second-order valence-electron chi connectivity index (χ2n) is 4.78. The van der Waals surface area contributed by atoms with Crippen LogP contribution in [0, 0.1) is 0 Å². The van der Waals surface area contributed by atoms with Gasteiger partial charge in [0.25, 0.3) is 0 Å². The largest absolute Gasteiger partial charge is 0.328 e. The minimum absolute atomic E-state index is 0.468. The van der Waals surface area contributed by atoms with Crippen LogP contribution in [0.15, 0.2) is 24.5 Å². The summed E-state index contributed by atoms with van der Waals surface area (Å²) >= 11 is 0. The van der Waals surface area contributed by atoms with Gasteiger partial charge in [0.2, 0.25) is 0 Å². The van der Waals surface area contributed by atoms with Gasteiger partial charge >= 0.3 is 0 Å². The lowest BCUT2D eigenvalue weighted by Gasteiger charge is -2.08. The molecule has 1 aromatic carbocycles. The van der Waals surface area contributed by atoms with Crippen molar-refractivity contribution in [2.45, 2.75) is 32.7 Å². The second kappa shape index (κ2) is 5.32. The van der Waals surface area contributed by atoms with Crippen molar-refractivity contribution in [1.82, 2.24) is 14.9 Å². The third-order valence-electron chi connectivity index (χ3n) is 3.09. The van der Waals surface area contributed by atoms with Crippen LogP contribution in [0.3, 0.4) is 0 Å². The lowest BCUT2D eigenvalue weighted by atomic mass is 10.1. The first-order valence-electron chi connectivity index (χ1n) is 6.32. The highest BCUT2D eigenvalue weighted by atomic mass is 15.1. The molecule has 0 amide bonds. The molecule has 1 N–H and O–H groups in total. The minimum atomic E-state index is 0.468. The Morgan fingerprint density at radius 2 is 2.18 bits per heavy atom. The van der Waals surface area contributed by atoms with E-state index in [0.29, 0.717) is 6.04 Å². The molecule has 2 rings (SSSR count). The maximum Gasteiger partial charge on any atom is 0.0960 e. The van der Waals surface area contributed by atoms with E-state index in [9.17, 15) is 0 Å². The molecule has 0 aliphatic carbocycles. The van der Waals surface area contributed by atoms with Crippen LogP contribution in [0.5, 0.6) is 0 Å². The minimum Gasteiger partial charge on any atom is -0.328 e. The fourth-order valence-electron chi connectivity index (χ4n) is 2.11. The van der Waals surface area contributed by atoms with Gasteiger partial charge in [-0.05, 0) is 58.0 Å². The van der Waals surface area contributed by atoms with E-state index in [4.69, 9.17) is 0 Å². The fraction of sp³-hybridized carbons (Fsp3) is 0.500. The lowest BCUT2D eigenvalue weighted by molar-refractivity contribution is 0.617. The average Bonchev–Trinajstić information content (AvgIpc) is 2.72. The molecule has 1 aromatic heterocycles. The summed E-state index contributed by atoms with van der Waals surface area (Å²) in [6.07, 6.45) is 4.23. The van der Waals surface area contributed by atoms with Crippen molar-refractivity contribution in [2.24, 2.45) is 0 Å². The van der Waals surface area contributed by atoms with Crippen molar-refractivity contribution in [1.29, 1.82) is 0 Å². The molecule has 2 aromatic rings. The van der Waals surface area contributed by atoms with E-state index in [1.807, 2.05) is 13.4 Å². The summed E-state index contributed by atoms with van der Waals surface area (Å²) in [7, 11) is 1.99. The Morgan fingerprint density at radius 3 is 2.88 bits per heavy atom. The van der Waals surface area contributed by atoms with E-state index in [-0.39, 0.29) is 0 Å². The van der Waals surface area contributed by atoms with Gasteiger partial charge < -0.3 is 9.88 Å². The molecule has 0 bridgehead atoms. The third kappa shape index (κ3) is 2.67. The number of fused-ring (bicyclic) bond motifs is 1. The number of nitrogens with one attached hydrogen (secondary N) is 1. The Balaban J connectivity index is 2.20. The van der Waals surface area contributed by atoms with E-state index in [1.54, 1.807) is 0 Å². The highest BCUT2D eigenvalue weighted by Gasteiger charge is 2.05. The molecular weight excluding hydrogens is 210 g/mol. The van der Waals surface area contributed by atoms with Crippen LogP contribution in [0.25, 0.3) is 11.0 Å². The van der Waals surface area contributed by atoms with Gasteiger partial charge in [-0.2, -0.15) is 0 Å². The van der Waals surface area contributed by atoms with Crippen LogP contribution in [-0.2, 0) is 6.42 Å². The Hall–Kier alpha value is -1.35. The quantitative estimate of drug-likeness (QED) is 0.802. The molecule has 0 fully saturated rings. The van der Waals surface area contributed by atoms with Gasteiger partial charge in [0.15, 0.2) is 0 Å². The summed E-state index contributed by atoms with van der Waals surface area (Å²) in [6, 6.07) is 7.09. The Morgan fingerprint density at radius 1 is 1.35 bits per heavy atom.